The van der Waals surface area contributed by atoms with E-state index in [1.165, 1.54) is 0 Å². The zero-order valence-corrected chi connectivity index (χ0v) is 13.3. The van der Waals surface area contributed by atoms with Crippen LogP contribution in [-0.4, -0.2) is 24.4 Å². The second-order valence-electron chi connectivity index (χ2n) is 4.50. The van der Waals surface area contributed by atoms with Gasteiger partial charge in [-0.05, 0) is 27.9 Å². The van der Waals surface area contributed by atoms with Crippen LogP contribution in [0, 0.1) is 5.92 Å². The van der Waals surface area contributed by atoms with Gasteiger partial charge in [0.1, 0.15) is 0 Å². The second-order valence-corrected chi connectivity index (χ2v) is 6.41. The van der Waals surface area contributed by atoms with E-state index in [-0.39, 0.29) is 24.3 Å². The molecule has 1 rings (SSSR count). The van der Waals surface area contributed by atoms with Gasteiger partial charge in [0.2, 0.25) is 11.8 Å². The lowest BCUT2D eigenvalue weighted by molar-refractivity contribution is -0.127. The van der Waals surface area contributed by atoms with Crippen molar-refractivity contribution in [2.24, 2.45) is 11.7 Å². The van der Waals surface area contributed by atoms with E-state index in [0.29, 0.717) is 6.54 Å². The van der Waals surface area contributed by atoms with E-state index in [1.54, 1.807) is 11.3 Å². The summed E-state index contributed by atoms with van der Waals surface area (Å²) in [7, 11) is 0. The minimum Gasteiger partial charge on any atom is -0.350 e. The molecule has 0 fully saturated rings. The Morgan fingerprint density at radius 2 is 2.11 bits per heavy atom. The third-order valence-electron chi connectivity index (χ3n) is 2.53. The van der Waals surface area contributed by atoms with E-state index in [4.69, 9.17) is 5.73 Å². The molecule has 0 bridgehead atoms. The fourth-order valence-corrected chi connectivity index (χ4v) is 2.67. The maximum atomic E-state index is 11.5. The van der Waals surface area contributed by atoms with Crippen molar-refractivity contribution in [3.05, 3.63) is 20.8 Å². The van der Waals surface area contributed by atoms with E-state index in [0.717, 1.165) is 9.35 Å². The summed E-state index contributed by atoms with van der Waals surface area (Å²) in [4.78, 5) is 24.1. The highest BCUT2D eigenvalue weighted by atomic mass is 79.9. The lowest BCUT2D eigenvalue weighted by Crippen LogP contribution is -2.47. The Kier molecular flexibility index (Phi) is 6.47. The molecule has 106 valence electrons. The second kappa shape index (κ2) is 7.62. The van der Waals surface area contributed by atoms with E-state index < -0.39 is 6.04 Å². The monoisotopic (exact) mass is 347 g/mol. The molecule has 1 heterocycles. The Morgan fingerprint density at radius 3 is 2.63 bits per heavy atom. The molecule has 0 unspecified atom stereocenters. The molecule has 0 radical (unpaired) electrons. The van der Waals surface area contributed by atoms with E-state index in [1.807, 2.05) is 25.3 Å². The number of hydrogen-bond donors (Lipinski definition) is 3. The van der Waals surface area contributed by atoms with Crippen molar-refractivity contribution in [1.82, 2.24) is 10.6 Å². The van der Waals surface area contributed by atoms with Gasteiger partial charge < -0.3 is 16.4 Å². The van der Waals surface area contributed by atoms with Crippen LogP contribution in [-0.2, 0) is 16.1 Å². The van der Waals surface area contributed by atoms with Crippen molar-refractivity contribution in [3.8, 4) is 0 Å². The van der Waals surface area contributed by atoms with Crippen LogP contribution in [0.5, 0.6) is 0 Å². The third-order valence-corrected chi connectivity index (χ3v) is 4.22. The predicted molar refractivity (Wildman–Crippen MR) is 79.7 cm³/mol. The molecule has 0 saturated carbocycles. The highest BCUT2D eigenvalue weighted by Gasteiger charge is 2.17. The Bertz CT molecular complexity index is 448. The normalized spacial score (nSPS) is 12.3. The number of rotatable bonds is 6. The van der Waals surface area contributed by atoms with Crippen molar-refractivity contribution in [3.63, 3.8) is 0 Å². The van der Waals surface area contributed by atoms with Crippen LogP contribution in [0.2, 0.25) is 0 Å². The summed E-state index contributed by atoms with van der Waals surface area (Å²) in [6.07, 6.45) is 0. The maximum Gasteiger partial charge on any atom is 0.239 e. The molecule has 19 heavy (non-hydrogen) atoms. The lowest BCUT2D eigenvalue weighted by Gasteiger charge is -2.15. The summed E-state index contributed by atoms with van der Waals surface area (Å²) >= 11 is 4.90. The zero-order chi connectivity index (χ0) is 14.4. The van der Waals surface area contributed by atoms with Crippen LogP contribution < -0.4 is 16.4 Å². The van der Waals surface area contributed by atoms with E-state index in [2.05, 4.69) is 26.6 Å². The molecule has 1 aromatic heterocycles. The minimum absolute atomic E-state index is 0.0477. The fourth-order valence-electron chi connectivity index (χ4n) is 1.28. The van der Waals surface area contributed by atoms with Crippen LogP contribution >= 0.6 is 27.3 Å². The summed E-state index contributed by atoms with van der Waals surface area (Å²) in [5.74, 6) is -0.482. The Hall–Kier alpha value is -0.920. The molecule has 1 atom stereocenters. The van der Waals surface area contributed by atoms with E-state index >= 15 is 0 Å². The minimum atomic E-state index is -0.582. The van der Waals surface area contributed by atoms with Crippen molar-refractivity contribution >= 4 is 39.1 Å². The molecule has 0 aliphatic rings. The molecule has 0 saturated heterocycles. The Balaban J connectivity index is 2.26. The summed E-state index contributed by atoms with van der Waals surface area (Å²) in [6.45, 7) is 4.13. The number of thiophene rings is 1. The molecule has 0 aromatic carbocycles. The molecule has 7 heteroatoms. The highest BCUT2D eigenvalue weighted by Crippen LogP contribution is 2.19. The SMILES string of the molecule is CC(C)[C@H](N)C(=O)NCC(=O)NCc1cc(Br)cs1. The van der Waals surface area contributed by atoms with Crippen molar-refractivity contribution in [2.45, 2.75) is 26.4 Å². The smallest absolute Gasteiger partial charge is 0.239 e. The molecule has 0 aliphatic carbocycles. The zero-order valence-electron chi connectivity index (χ0n) is 10.9. The summed E-state index contributed by atoms with van der Waals surface area (Å²) < 4.78 is 0.998. The average molecular weight is 348 g/mol. The van der Waals surface area contributed by atoms with Gasteiger partial charge in [-0.25, -0.2) is 0 Å². The number of hydrogen-bond acceptors (Lipinski definition) is 4. The molecular formula is C12H18BrN3O2S. The highest BCUT2D eigenvalue weighted by molar-refractivity contribution is 9.10. The van der Waals surface area contributed by atoms with Crippen LogP contribution in [0.3, 0.4) is 0 Å². The van der Waals surface area contributed by atoms with Gasteiger partial charge >= 0.3 is 0 Å². The van der Waals surface area contributed by atoms with Crippen LogP contribution in [0.1, 0.15) is 18.7 Å². The van der Waals surface area contributed by atoms with Gasteiger partial charge in [-0.3, -0.25) is 9.59 Å². The van der Waals surface area contributed by atoms with Gasteiger partial charge in [-0.1, -0.05) is 13.8 Å². The number of halogens is 1. The standard InChI is InChI=1S/C12H18BrN3O2S/c1-7(2)11(14)12(18)16-5-10(17)15-4-9-3-8(13)6-19-9/h3,6-7,11H,4-5,14H2,1-2H3,(H,15,17)(H,16,18)/t11-/m0/s1. The molecule has 1 aromatic rings. The molecular weight excluding hydrogens is 330 g/mol. The Morgan fingerprint density at radius 1 is 1.42 bits per heavy atom. The number of carbonyl (C=O) groups is 2. The van der Waals surface area contributed by atoms with Gasteiger partial charge in [-0.2, -0.15) is 0 Å². The molecule has 4 N–H and O–H groups in total. The molecule has 0 aliphatic heterocycles. The van der Waals surface area contributed by atoms with Gasteiger partial charge in [-0.15, -0.1) is 11.3 Å². The van der Waals surface area contributed by atoms with Crippen molar-refractivity contribution in [2.75, 3.05) is 6.54 Å². The van der Waals surface area contributed by atoms with Gasteiger partial charge in [0.15, 0.2) is 0 Å². The first-order valence-electron chi connectivity index (χ1n) is 5.93. The van der Waals surface area contributed by atoms with Gasteiger partial charge in [0, 0.05) is 14.7 Å². The fraction of sp³-hybridized carbons (Fsp3) is 0.500. The summed E-state index contributed by atoms with van der Waals surface area (Å²) in [5.41, 5.74) is 5.67. The summed E-state index contributed by atoms with van der Waals surface area (Å²) in [5, 5.41) is 7.20. The molecule has 2 amide bonds. The lowest BCUT2D eigenvalue weighted by atomic mass is 10.1. The largest absolute Gasteiger partial charge is 0.350 e. The predicted octanol–water partition coefficient (Wildman–Crippen LogP) is 1.23. The first-order valence-corrected chi connectivity index (χ1v) is 7.60. The first-order chi connectivity index (χ1) is 8.90. The number of nitrogens with two attached hydrogens (primary N) is 1. The molecule has 0 spiro atoms. The van der Waals surface area contributed by atoms with Gasteiger partial charge in [0.05, 0.1) is 19.1 Å². The quantitative estimate of drug-likeness (QED) is 0.723. The van der Waals surface area contributed by atoms with E-state index in [9.17, 15) is 9.59 Å². The number of nitrogens with one attached hydrogen (secondary N) is 2. The van der Waals surface area contributed by atoms with Crippen LogP contribution in [0.25, 0.3) is 0 Å². The van der Waals surface area contributed by atoms with Crippen molar-refractivity contribution < 1.29 is 9.59 Å². The number of amides is 2. The third kappa shape index (κ3) is 5.71. The average Bonchev–Trinajstić information content (AvgIpc) is 2.78. The van der Waals surface area contributed by atoms with Crippen LogP contribution in [0.15, 0.2) is 15.9 Å². The molecule has 5 nitrogen and oxygen atoms in total. The van der Waals surface area contributed by atoms with Crippen LogP contribution in [0.4, 0.5) is 0 Å². The topological polar surface area (TPSA) is 84.2 Å². The first kappa shape index (κ1) is 16.1. The maximum absolute atomic E-state index is 11.5. The van der Waals surface area contributed by atoms with Gasteiger partial charge in [0.25, 0.3) is 0 Å². The Labute approximate surface area is 125 Å². The summed E-state index contributed by atoms with van der Waals surface area (Å²) in [6, 6.07) is 1.36. The number of carbonyl (C=O) groups excluding carboxylic acids is 2. The van der Waals surface area contributed by atoms with Crippen molar-refractivity contribution in [1.29, 1.82) is 0 Å².